The second-order valence-electron chi connectivity index (χ2n) is 5.16. The molecule has 3 rings (SSSR count). The van der Waals surface area contributed by atoms with Gasteiger partial charge in [-0.05, 0) is 30.7 Å². The molecule has 1 heterocycles. The average Bonchev–Trinajstić information content (AvgIpc) is 2.78. The number of rotatable bonds is 5. The van der Waals surface area contributed by atoms with Crippen LogP contribution in [0.15, 0.2) is 48.5 Å². The number of hydrogen-bond donors (Lipinski definition) is 1. The maximum Gasteiger partial charge on any atom is 0.202 e. The Labute approximate surface area is 134 Å². The summed E-state index contributed by atoms with van der Waals surface area (Å²) in [5.74, 6) is 0.707. The highest BCUT2D eigenvalue weighted by molar-refractivity contribution is 6.32. The van der Waals surface area contributed by atoms with Crippen molar-refractivity contribution in [2.24, 2.45) is 7.05 Å². The van der Waals surface area contributed by atoms with Crippen molar-refractivity contribution in [1.82, 2.24) is 9.13 Å². The zero-order valence-corrected chi connectivity index (χ0v) is 13.2. The molecule has 0 aliphatic carbocycles. The Morgan fingerprint density at radius 2 is 1.73 bits per heavy atom. The van der Waals surface area contributed by atoms with Gasteiger partial charge in [-0.3, -0.25) is 5.41 Å². The Bertz CT molecular complexity index is 850. The first-order chi connectivity index (χ1) is 10.7. The van der Waals surface area contributed by atoms with Gasteiger partial charge in [-0.15, -0.1) is 0 Å². The predicted octanol–water partition coefficient (Wildman–Crippen LogP) is 3.58. The second-order valence-corrected chi connectivity index (χ2v) is 5.56. The van der Waals surface area contributed by atoms with Crippen molar-refractivity contribution in [1.29, 1.82) is 5.41 Å². The van der Waals surface area contributed by atoms with Gasteiger partial charge in [-0.1, -0.05) is 35.9 Å². The first-order valence-electron chi connectivity index (χ1n) is 7.24. The molecule has 0 amide bonds. The molecule has 114 valence electrons. The van der Waals surface area contributed by atoms with Gasteiger partial charge in [0, 0.05) is 13.6 Å². The summed E-state index contributed by atoms with van der Waals surface area (Å²) in [5, 5.41) is 8.85. The molecule has 0 aliphatic rings. The minimum atomic E-state index is 0.499. The van der Waals surface area contributed by atoms with Crippen molar-refractivity contribution in [3.63, 3.8) is 0 Å². The van der Waals surface area contributed by atoms with E-state index in [9.17, 15) is 0 Å². The molecular formula is C17H18ClN3O. The number of halogens is 1. The highest BCUT2D eigenvalue weighted by Crippen LogP contribution is 2.23. The van der Waals surface area contributed by atoms with E-state index in [0.717, 1.165) is 24.0 Å². The SMILES string of the molecule is Cn1c(=N)n(CCCOc2ccccc2Cl)c2ccccc21. The van der Waals surface area contributed by atoms with Gasteiger partial charge in [-0.2, -0.15) is 0 Å². The maximum absolute atomic E-state index is 8.22. The number of fused-ring (bicyclic) bond motifs is 1. The molecule has 0 atom stereocenters. The normalized spacial score (nSPS) is 11.0. The Morgan fingerprint density at radius 3 is 2.50 bits per heavy atom. The fourth-order valence-corrected chi connectivity index (χ4v) is 2.77. The van der Waals surface area contributed by atoms with Crippen LogP contribution < -0.4 is 10.4 Å². The lowest BCUT2D eigenvalue weighted by atomic mass is 10.3. The molecule has 4 nitrogen and oxygen atoms in total. The van der Waals surface area contributed by atoms with Crippen molar-refractivity contribution >= 4 is 22.6 Å². The van der Waals surface area contributed by atoms with Crippen LogP contribution >= 0.6 is 11.6 Å². The Kier molecular flexibility index (Phi) is 4.20. The molecule has 0 aliphatic heterocycles. The molecule has 0 saturated heterocycles. The third-order valence-electron chi connectivity index (χ3n) is 3.73. The molecule has 0 saturated carbocycles. The molecule has 1 N–H and O–H groups in total. The standard InChI is InChI=1S/C17H18ClN3O/c1-20-14-8-3-4-9-15(14)21(17(20)19)11-6-12-22-16-10-5-2-7-13(16)18/h2-5,7-10,19H,6,11-12H2,1H3. The van der Waals surface area contributed by atoms with Crippen LogP contribution in [0.1, 0.15) is 6.42 Å². The predicted molar refractivity (Wildman–Crippen MR) is 88.3 cm³/mol. The smallest absolute Gasteiger partial charge is 0.202 e. The zero-order chi connectivity index (χ0) is 15.5. The van der Waals surface area contributed by atoms with Gasteiger partial charge in [0.2, 0.25) is 5.62 Å². The van der Waals surface area contributed by atoms with E-state index < -0.39 is 0 Å². The van der Waals surface area contributed by atoms with Crippen molar-refractivity contribution in [3.8, 4) is 5.75 Å². The first kappa shape index (κ1) is 14.7. The lowest BCUT2D eigenvalue weighted by Gasteiger charge is -2.08. The quantitative estimate of drug-likeness (QED) is 0.718. The van der Waals surface area contributed by atoms with Gasteiger partial charge in [0.15, 0.2) is 0 Å². The van der Waals surface area contributed by atoms with Gasteiger partial charge >= 0.3 is 0 Å². The number of aromatic nitrogens is 2. The summed E-state index contributed by atoms with van der Waals surface area (Å²) in [6, 6.07) is 15.5. The van der Waals surface area contributed by atoms with Crippen LogP contribution in [-0.2, 0) is 13.6 Å². The van der Waals surface area contributed by atoms with Crippen molar-refractivity contribution in [2.45, 2.75) is 13.0 Å². The highest BCUT2D eigenvalue weighted by Gasteiger charge is 2.07. The van der Waals surface area contributed by atoms with E-state index in [2.05, 4.69) is 0 Å². The van der Waals surface area contributed by atoms with Crippen LogP contribution in [0.5, 0.6) is 5.75 Å². The summed E-state index contributed by atoms with van der Waals surface area (Å²) in [5.41, 5.74) is 2.64. The number of hydrogen-bond acceptors (Lipinski definition) is 2. The third kappa shape index (κ3) is 2.74. The second kappa shape index (κ2) is 6.28. The lowest BCUT2D eigenvalue weighted by Crippen LogP contribution is -2.23. The van der Waals surface area contributed by atoms with Crippen LogP contribution in [0, 0.1) is 5.41 Å². The molecule has 0 bridgehead atoms. The molecule has 2 aromatic carbocycles. The topological polar surface area (TPSA) is 42.9 Å². The van der Waals surface area contributed by atoms with Crippen molar-refractivity contribution in [3.05, 3.63) is 59.2 Å². The largest absolute Gasteiger partial charge is 0.492 e. The summed E-state index contributed by atoms with van der Waals surface area (Å²) in [6.07, 6.45) is 0.815. The number of imidazole rings is 1. The lowest BCUT2D eigenvalue weighted by molar-refractivity contribution is 0.301. The number of ether oxygens (including phenoxy) is 1. The highest BCUT2D eigenvalue weighted by atomic mass is 35.5. The van der Waals surface area contributed by atoms with Crippen LogP contribution in [0.25, 0.3) is 11.0 Å². The van der Waals surface area contributed by atoms with E-state index in [1.807, 2.05) is 64.7 Å². The molecule has 1 aromatic heterocycles. The fourth-order valence-electron chi connectivity index (χ4n) is 2.58. The minimum absolute atomic E-state index is 0.499. The number of benzene rings is 2. The average molecular weight is 316 g/mol. The summed E-state index contributed by atoms with van der Waals surface area (Å²) in [4.78, 5) is 0. The minimum Gasteiger partial charge on any atom is -0.492 e. The molecule has 0 spiro atoms. The molecule has 0 fully saturated rings. The molecule has 5 heteroatoms. The van der Waals surface area contributed by atoms with Crippen LogP contribution in [0.2, 0.25) is 5.02 Å². The van der Waals surface area contributed by atoms with Crippen molar-refractivity contribution < 1.29 is 4.74 Å². The molecule has 0 radical (unpaired) electrons. The molecule has 22 heavy (non-hydrogen) atoms. The van der Waals surface area contributed by atoms with Gasteiger partial charge in [-0.25, -0.2) is 0 Å². The monoisotopic (exact) mass is 315 g/mol. The third-order valence-corrected chi connectivity index (χ3v) is 4.04. The van der Waals surface area contributed by atoms with Crippen LogP contribution in [-0.4, -0.2) is 15.7 Å². The van der Waals surface area contributed by atoms with Gasteiger partial charge < -0.3 is 13.9 Å². The van der Waals surface area contributed by atoms with Crippen LogP contribution in [0.4, 0.5) is 0 Å². The first-order valence-corrected chi connectivity index (χ1v) is 7.62. The molecular weight excluding hydrogens is 298 g/mol. The Morgan fingerprint density at radius 1 is 1.05 bits per heavy atom. The summed E-state index contributed by atoms with van der Waals surface area (Å²) in [7, 11) is 1.92. The van der Waals surface area contributed by atoms with Gasteiger partial charge in [0.1, 0.15) is 5.75 Å². The van der Waals surface area contributed by atoms with Crippen molar-refractivity contribution in [2.75, 3.05) is 6.61 Å². The van der Waals surface area contributed by atoms with E-state index in [0.29, 0.717) is 23.0 Å². The number of nitrogens with zero attached hydrogens (tertiary/aromatic N) is 2. The van der Waals surface area contributed by atoms with Gasteiger partial charge in [0.05, 0.1) is 22.7 Å². The fraction of sp³-hybridized carbons (Fsp3) is 0.235. The summed E-state index contributed by atoms with van der Waals surface area (Å²) < 4.78 is 9.60. The van der Waals surface area contributed by atoms with E-state index >= 15 is 0 Å². The molecule has 3 aromatic rings. The van der Waals surface area contributed by atoms with E-state index in [1.165, 1.54) is 0 Å². The summed E-state index contributed by atoms with van der Waals surface area (Å²) >= 11 is 6.06. The zero-order valence-electron chi connectivity index (χ0n) is 12.4. The number of para-hydroxylation sites is 3. The number of aryl methyl sites for hydroxylation is 2. The Hall–Kier alpha value is -2.20. The van der Waals surface area contributed by atoms with E-state index in [1.54, 1.807) is 0 Å². The van der Waals surface area contributed by atoms with E-state index in [-0.39, 0.29) is 0 Å². The number of nitrogens with one attached hydrogen (secondary N) is 1. The molecule has 0 unspecified atom stereocenters. The maximum atomic E-state index is 8.22. The Balaban J connectivity index is 1.69. The van der Waals surface area contributed by atoms with E-state index in [4.69, 9.17) is 21.7 Å². The van der Waals surface area contributed by atoms with Gasteiger partial charge in [0.25, 0.3) is 0 Å². The summed E-state index contributed by atoms with van der Waals surface area (Å²) in [6.45, 7) is 1.31. The van der Waals surface area contributed by atoms with Crippen LogP contribution in [0.3, 0.4) is 0 Å².